The van der Waals surface area contributed by atoms with Gasteiger partial charge in [-0.15, -0.1) is 0 Å². The molecule has 4 aromatic rings. The molecule has 5 rings (SSSR count). The van der Waals surface area contributed by atoms with Gasteiger partial charge >= 0.3 is 6.09 Å². The molecule has 1 aliphatic heterocycles. The van der Waals surface area contributed by atoms with Crippen molar-refractivity contribution in [1.82, 2.24) is 19.8 Å². The van der Waals surface area contributed by atoms with Crippen molar-refractivity contribution in [3.8, 4) is 28.3 Å². The van der Waals surface area contributed by atoms with E-state index in [-0.39, 0.29) is 6.09 Å². The summed E-state index contributed by atoms with van der Waals surface area (Å²) in [6.07, 6.45) is -0.291. The molecule has 0 saturated carbocycles. The summed E-state index contributed by atoms with van der Waals surface area (Å²) < 4.78 is 11.1. The molecular weight excluding hydrogens is 472 g/mol. The Morgan fingerprint density at radius 1 is 0.806 bits per heavy atom. The Morgan fingerprint density at radius 3 is 1.94 bits per heavy atom. The molecule has 0 N–H and O–H groups in total. The number of rotatable bonds is 4. The Bertz CT molecular complexity index is 1370. The molecule has 0 aliphatic carbocycles. The Kier molecular flexibility index (Phi) is 7.04. The first-order valence-electron chi connectivity index (χ1n) is 11.9. The molecule has 1 fully saturated rings. The van der Waals surface area contributed by atoms with E-state index in [2.05, 4.69) is 0 Å². The summed E-state index contributed by atoms with van der Waals surface area (Å²) in [5, 5.41) is 0.370. The molecule has 1 aromatic heterocycles. The monoisotopic (exact) mass is 498 g/mol. The standard InChI is InChI=1S/C28H26N4O3S/c1-2-34-27(33)31-15-17-32(18-16-31)28(36)35-22-13-14-23-24(19-22)30-26(21-11-7-4-8-12-21)25(29-23)20-9-5-3-6-10-20/h3-14,19H,2,15-18H2,1H3. The van der Waals surface area contributed by atoms with Gasteiger partial charge in [0.15, 0.2) is 0 Å². The van der Waals surface area contributed by atoms with Crippen LogP contribution in [0.1, 0.15) is 6.92 Å². The number of carbonyl (C=O) groups excluding carboxylic acids is 1. The maximum Gasteiger partial charge on any atom is 0.409 e. The van der Waals surface area contributed by atoms with Crippen LogP contribution in [0.4, 0.5) is 4.79 Å². The van der Waals surface area contributed by atoms with Crippen LogP contribution >= 0.6 is 12.2 Å². The summed E-state index contributed by atoms with van der Waals surface area (Å²) >= 11 is 5.55. The molecule has 0 spiro atoms. The lowest BCUT2D eigenvalue weighted by Gasteiger charge is -2.34. The number of fused-ring (bicyclic) bond motifs is 1. The van der Waals surface area contributed by atoms with Gasteiger partial charge in [0.2, 0.25) is 0 Å². The first kappa shape index (κ1) is 23.7. The third-order valence-electron chi connectivity index (χ3n) is 6.00. The number of nitrogens with zero attached hydrogens (tertiary/aromatic N) is 4. The molecular formula is C28H26N4O3S. The maximum absolute atomic E-state index is 11.9. The Balaban J connectivity index is 1.39. The number of benzene rings is 3. The number of amides is 1. The zero-order chi connectivity index (χ0) is 24.9. The lowest BCUT2D eigenvalue weighted by Crippen LogP contribution is -2.51. The van der Waals surface area contributed by atoms with E-state index in [9.17, 15) is 4.79 Å². The van der Waals surface area contributed by atoms with Gasteiger partial charge in [0, 0.05) is 43.4 Å². The van der Waals surface area contributed by atoms with Crippen LogP contribution in [0.2, 0.25) is 0 Å². The van der Waals surface area contributed by atoms with E-state index >= 15 is 0 Å². The Hall–Kier alpha value is -4.04. The van der Waals surface area contributed by atoms with Gasteiger partial charge in [-0.1, -0.05) is 60.7 Å². The van der Waals surface area contributed by atoms with Crippen molar-refractivity contribution in [3.63, 3.8) is 0 Å². The van der Waals surface area contributed by atoms with Crippen LogP contribution in [0.5, 0.6) is 5.75 Å². The topological polar surface area (TPSA) is 67.8 Å². The number of carbonyl (C=O) groups is 1. The molecule has 8 heteroatoms. The summed E-state index contributed by atoms with van der Waals surface area (Å²) in [4.78, 5) is 25.5. The number of piperazine rings is 1. The van der Waals surface area contributed by atoms with Crippen LogP contribution in [0.3, 0.4) is 0 Å². The minimum absolute atomic E-state index is 0.291. The van der Waals surface area contributed by atoms with Crippen LogP contribution in [0.15, 0.2) is 78.9 Å². The van der Waals surface area contributed by atoms with Crippen molar-refractivity contribution >= 4 is 34.5 Å². The number of ether oxygens (including phenoxy) is 2. The molecule has 0 atom stereocenters. The zero-order valence-electron chi connectivity index (χ0n) is 20.0. The van der Waals surface area contributed by atoms with E-state index in [0.717, 1.165) is 33.5 Å². The minimum Gasteiger partial charge on any atom is -0.450 e. The second-order valence-corrected chi connectivity index (χ2v) is 8.69. The van der Waals surface area contributed by atoms with Crippen molar-refractivity contribution in [2.45, 2.75) is 6.92 Å². The lowest BCUT2D eigenvalue weighted by atomic mass is 10.0. The van der Waals surface area contributed by atoms with Crippen molar-refractivity contribution in [3.05, 3.63) is 78.9 Å². The van der Waals surface area contributed by atoms with Gasteiger partial charge in [-0.05, 0) is 31.3 Å². The molecule has 0 unspecified atom stereocenters. The predicted octanol–water partition coefficient (Wildman–Crippen LogP) is 5.40. The SMILES string of the molecule is CCOC(=O)N1CCN(C(=S)Oc2ccc3nc(-c4ccccc4)c(-c4ccccc4)nc3c2)CC1. The van der Waals surface area contributed by atoms with Gasteiger partial charge in [0.25, 0.3) is 5.17 Å². The van der Waals surface area contributed by atoms with E-state index in [0.29, 0.717) is 43.7 Å². The van der Waals surface area contributed by atoms with E-state index in [1.807, 2.05) is 83.8 Å². The first-order valence-corrected chi connectivity index (χ1v) is 12.3. The molecule has 3 aromatic carbocycles. The second kappa shape index (κ2) is 10.7. The van der Waals surface area contributed by atoms with Gasteiger partial charge in [-0.3, -0.25) is 0 Å². The highest BCUT2D eigenvalue weighted by Crippen LogP contribution is 2.32. The minimum atomic E-state index is -0.291. The number of hydrogen-bond donors (Lipinski definition) is 0. The Labute approximate surface area is 215 Å². The van der Waals surface area contributed by atoms with Gasteiger partial charge in [-0.2, -0.15) is 0 Å². The van der Waals surface area contributed by atoms with Crippen LogP contribution in [-0.2, 0) is 4.74 Å². The molecule has 0 bridgehead atoms. The van der Waals surface area contributed by atoms with Crippen LogP contribution < -0.4 is 4.74 Å². The molecule has 7 nitrogen and oxygen atoms in total. The van der Waals surface area contributed by atoms with Crippen LogP contribution in [0, 0.1) is 0 Å². The van der Waals surface area contributed by atoms with Gasteiger partial charge < -0.3 is 19.3 Å². The highest BCUT2D eigenvalue weighted by Gasteiger charge is 2.24. The largest absolute Gasteiger partial charge is 0.450 e. The van der Waals surface area contributed by atoms with E-state index in [1.54, 1.807) is 11.8 Å². The van der Waals surface area contributed by atoms with Gasteiger partial charge in [0.05, 0.1) is 29.0 Å². The quantitative estimate of drug-likeness (QED) is 0.349. The summed E-state index contributed by atoms with van der Waals surface area (Å²) in [6.45, 7) is 4.41. The van der Waals surface area contributed by atoms with Crippen molar-refractivity contribution in [2.24, 2.45) is 0 Å². The second-order valence-electron chi connectivity index (χ2n) is 8.34. The van der Waals surface area contributed by atoms with Crippen molar-refractivity contribution in [2.75, 3.05) is 32.8 Å². The average molecular weight is 499 g/mol. The molecule has 1 saturated heterocycles. The smallest absolute Gasteiger partial charge is 0.409 e. The number of thiocarbonyl (C=S) groups is 1. The average Bonchev–Trinajstić information content (AvgIpc) is 2.93. The van der Waals surface area contributed by atoms with Gasteiger partial charge in [0.1, 0.15) is 5.75 Å². The van der Waals surface area contributed by atoms with Crippen LogP contribution in [-0.4, -0.2) is 63.8 Å². The van der Waals surface area contributed by atoms with E-state index in [1.165, 1.54) is 0 Å². The molecule has 0 radical (unpaired) electrons. The van der Waals surface area contributed by atoms with Gasteiger partial charge in [-0.25, -0.2) is 14.8 Å². The Morgan fingerprint density at radius 2 is 1.36 bits per heavy atom. The summed E-state index contributed by atoms with van der Waals surface area (Å²) in [5.74, 6) is 0.598. The van der Waals surface area contributed by atoms with Crippen LogP contribution in [0.25, 0.3) is 33.5 Å². The summed E-state index contributed by atoms with van der Waals surface area (Å²) in [5.41, 5.74) is 5.14. The summed E-state index contributed by atoms with van der Waals surface area (Å²) in [7, 11) is 0. The number of hydrogen-bond acceptors (Lipinski definition) is 6. The maximum atomic E-state index is 11.9. The lowest BCUT2D eigenvalue weighted by molar-refractivity contribution is 0.0902. The van der Waals surface area contributed by atoms with Crippen molar-refractivity contribution < 1.29 is 14.3 Å². The zero-order valence-corrected chi connectivity index (χ0v) is 20.8. The third kappa shape index (κ3) is 5.13. The van der Waals surface area contributed by atoms with E-state index in [4.69, 9.17) is 31.7 Å². The molecule has 182 valence electrons. The fraction of sp³-hybridized carbons (Fsp3) is 0.214. The molecule has 1 aliphatic rings. The molecule has 2 heterocycles. The van der Waals surface area contributed by atoms with E-state index < -0.39 is 0 Å². The molecule has 36 heavy (non-hydrogen) atoms. The normalized spacial score (nSPS) is 13.5. The highest BCUT2D eigenvalue weighted by atomic mass is 32.1. The number of aromatic nitrogens is 2. The summed E-state index contributed by atoms with van der Waals surface area (Å²) in [6, 6.07) is 25.7. The fourth-order valence-electron chi connectivity index (χ4n) is 4.14. The third-order valence-corrected chi connectivity index (χ3v) is 6.34. The molecule has 1 amide bonds. The predicted molar refractivity (Wildman–Crippen MR) is 144 cm³/mol. The highest BCUT2D eigenvalue weighted by molar-refractivity contribution is 7.80. The first-order chi connectivity index (χ1) is 17.6. The fourth-order valence-corrected chi connectivity index (χ4v) is 4.42. The van der Waals surface area contributed by atoms with Crippen molar-refractivity contribution in [1.29, 1.82) is 0 Å².